The van der Waals surface area contributed by atoms with Gasteiger partial charge in [0.25, 0.3) is 11.8 Å². The molecule has 0 heterocycles. The molecule has 3 rings (SSSR count). The number of rotatable bonds is 10. The standard InChI is InChI=1S/C28H30N4O5S/c1-19(2)17-25(33)29-22-13-11-20(12-14-22)27(35)31-32-28(38)30-26(34)21-7-6-10-24(18-21)37-16-15-36-23-8-4-3-5-9-23/h3-14,18-19H,15-17H2,1-2H3,(H,29,33)(H,31,35)(H2,30,32,34,38). The summed E-state index contributed by atoms with van der Waals surface area (Å²) in [5.41, 5.74) is 6.20. The third kappa shape index (κ3) is 9.55. The summed E-state index contributed by atoms with van der Waals surface area (Å²) in [5.74, 6) is 0.483. The summed E-state index contributed by atoms with van der Waals surface area (Å²) < 4.78 is 11.3. The van der Waals surface area contributed by atoms with E-state index < -0.39 is 11.8 Å². The number of amides is 3. The zero-order valence-corrected chi connectivity index (χ0v) is 22.0. The highest BCUT2D eigenvalue weighted by Crippen LogP contribution is 2.14. The van der Waals surface area contributed by atoms with E-state index in [2.05, 4.69) is 21.5 Å². The van der Waals surface area contributed by atoms with E-state index in [4.69, 9.17) is 21.7 Å². The number of hydrogen-bond donors (Lipinski definition) is 4. The van der Waals surface area contributed by atoms with Gasteiger partial charge in [0.15, 0.2) is 5.11 Å². The molecular formula is C28H30N4O5S. The van der Waals surface area contributed by atoms with E-state index in [1.807, 2.05) is 44.2 Å². The molecule has 0 saturated carbocycles. The summed E-state index contributed by atoms with van der Waals surface area (Å²) in [4.78, 5) is 36.8. The summed E-state index contributed by atoms with van der Waals surface area (Å²) in [6.07, 6.45) is 0.413. The molecular weight excluding hydrogens is 504 g/mol. The SMILES string of the molecule is CC(C)CC(=O)Nc1ccc(C(=O)NNC(=S)NC(=O)c2cccc(OCCOc3ccccc3)c2)cc1. The highest BCUT2D eigenvalue weighted by Gasteiger charge is 2.11. The lowest BCUT2D eigenvalue weighted by Crippen LogP contribution is -2.48. The average Bonchev–Trinajstić information content (AvgIpc) is 2.90. The van der Waals surface area contributed by atoms with E-state index in [0.717, 1.165) is 5.75 Å². The molecule has 0 radical (unpaired) electrons. The monoisotopic (exact) mass is 534 g/mol. The Hall–Kier alpha value is -4.44. The van der Waals surface area contributed by atoms with Gasteiger partial charge >= 0.3 is 0 Å². The van der Waals surface area contributed by atoms with Crippen LogP contribution in [0, 0.1) is 5.92 Å². The van der Waals surface area contributed by atoms with Crippen LogP contribution in [0.3, 0.4) is 0 Å². The van der Waals surface area contributed by atoms with Gasteiger partial charge in [-0.2, -0.15) is 0 Å². The molecule has 3 aromatic carbocycles. The first kappa shape index (κ1) is 28.1. The molecule has 0 spiro atoms. The maximum Gasteiger partial charge on any atom is 0.269 e. The highest BCUT2D eigenvalue weighted by atomic mass is 32.1. The summed E-state index contributed by atoms with van der Waals surface area (Å²) in [5, 5.41) is 5.21. The minimum atomic E-state index is -0.468. The Balaban J connectivity index is 1.41. The number of carbonyl (C=O) groups excluding carboxylic acids is 3. The van der Waals surface area contributed by atoms with Crippen LogP contribution in [0.1, 0.15) is 41.0 Å². The van der Waals surface area contributed by atoms with Gasteiger partial charge in [-0.3, -0.25) is 30.6 Å². The van der Waals surface area contributed by atoms with Gasteiger partial charge in [-0.05, 0) is 72.7 Å². The van der Waals surface area contributed by atoms with Crippen molar-refractivity contribution in [2.45, 2.75) is 20.3 Å². The molecule has 0 atom stereocenters. The van der Waals surface area contributed by atoms with Crippen LogP contribution in [0.2, 0.25) is 0 Å². The summed E-state index contributed by atoms with van der Waals surface area (Å²) >= 11 is 5.11. The Kier molecular flexibility index (Phi) is 10.6. The first-order valence-corrected chi connectivity index (χ1v) is 12.4. The fraction of sp³-hybridized carbons (Fsp3) is 0.214. The number of carbonyl (C=O) groups is 3. The van der Waals surface area contributed by atoms with Crippen molar-refractivity contribution in [2.24, 2.45) is 5.92 Å². The molecule has 0 aliphatic rings. The van der Waals surface area contributed by atoms with Crippen LogP contribution in [0.15, 0.2) is 78.9 Å². The van der Waals surface area contributed by atoms with Gasteiger partial charge in [-0.25, -0.2) is 0 Å². The van der Waals surface area contributed by atoms with E-state index in [9.17, 15) is 14.4 Å². The number of thiocarbonyl (C=S) groups is 1. The van der Waals surface area contributed by atoms with Gasteiger partial charge < -0.3 is 14.8 Å². The van der Waals surface area contributed by atoms with E-state index in [1.165, 1.54) is 0 Å². The van der Waals surface area contributed by atoms with Gasteiger partial charge in [0.05, 0.1) is 0 Å². The third-order valence-corrected chi connectivity index (χ3v) is 5.21. The zero-order chi connectivity index (χ0) is 27.3. The highest BCUT2D eigenvalue weighted by molar-refractivity contribution is 7.80. The molecule has 0 fully saturated rings. The molecule has 4 N–H and O–H groups in total. The summed E-state index contributed by atoms with van der Waals surface area (Å²) in [6, 6.07) is 22.4. The normalized spacial score (nSPS) is 10.3. The largest absolute Gasteiger partial charge is 0.490 e. The minimum Gasteiger partial charge on any atom is -0.490 e. The fourth-order valence-corrected chi connectivity index (χ4v) is 3.39. The Morgan fingerprint density at radius 1 is 0.763 bits per heavy atom. The first-order chi connectivity index (χ1) is 18.3. The second kappa shape index (κ2) is 14.3. The van der Waals surface area contributed by atoms with Crippen molar-refractivity contribution in [1.82, 2.24) is 16.2 Å². The van der Waals surface area contributed by atoms with Crippen LogP contribution in [0.25, 0.3) is 0 Å². The van der Waals surface area contributed by atoms with Crippen LogP contribution in [-0.2, 0) is 4.79 Å². The molecule has 0 aromatic heterocycles. The lowest BCUT2D eigenvalue weighted by atomic mass is 10.1. The molecule has 10 heteroatoms. The van der Waals surface area contributed by atoms with Crippen molar-refractivity contribution in [3.8, 4) is 11.5 Å². The Bertz CT molecular complexity index is 1250. The van der Waals surface area contributed by atoms with Crippen molar-refractivity contribution in [2.75, 3.05) is 18.5 Å². The second-order valence-electron chi connectivity index (χ2n) is 8.62. The molecule has 9 nitrogen and oxygen atoms in total. The minimum absolute atomic E-state index is 0.0801. The van der Waals surface area contributed by atoms with Gasteiger partial charge in [-0.15, -0.1) is 0 Å². The van der Waals surface area contributed by atoms with Crippen LogP contribution in [0.4, 0.5) is 5.69 Å². The average molecular weight is 535 g/mol. The Labute approximate surface area is 226 Å². The lowest BCUT2D eigenvalue weighted by molar-refractivity contribution is -0.116. The fourth-order valence-electron chi connectivity index (χ4n) is 3.24. The number of benzene rings is 3. The molecule has 38 heavy (non-hydrogen) atoms. The lowest BCUT2D eigenvalue weighted by Gasteiger charge is -2.12. The second-order valence-corrected chi connectivity index (χ2v) is 9.03. The maximum absolute atomic E-state index is 12.6. The predicted molar refractivity (Wildman–Crippen MR) is 149 cm³/mol. The maximum atomic E-state index is 12.6. The molecule has 3 amide bonds. The van der Waals surface area contributed by atoms with Crippen molar-refractivity contribution < 1.29 is 23.9 Å². The quantitative estimate of drug-likeness (QED) is 0.176. The van der Waals surface area contributed by atoms with E-state index in [-0.39, 0.29) is 16.9 Å². The molecule has 0 unspecified atom stereocenters. The van der Waals surface area contributed by atoms with Crippen LogP contribution in [0.5, 0.6) is 11.5 Å². The third-order valence-electron chi connectivity index (χ3n) is 5.00. The summed E-state index contributed by atoms with van der Waals surface area (Å²) in [7, 11) is 0. The molecule has 0 bridgehead atoms. The van der Waals surface area contributed by atoms with E-state index in [1.54, 1.807) is 48.5 Å². The van der Waals surface area contributed by atoms with Gasteiger partial charge in [0, 0.05) is 23.2 Å². The topological polar surface area (TPSA) is 118 Å². The summed E-state index contributed by atoms with van der Waals surface area (Å²) in [6.45, 7) is 4.58. The van der Waals surface area contributed by atoms with Gasteiger partial charge in [0.2, 0.25) is 5.91 Å². The van der Waals surface area contributed by atoms with E-state index in [0.29, 0.717) is 42.2 Å². The molecule has 198 valence electrons. The molecule has 3 aromatic rings. The molecule has 0 aliphatic heterocycles. The van der Waals surface area contributed by atoms with Crippen molar-refractivity contribution in [3.63, 3.8) is 0 Å². The van der Waals surface area contributed by atoms with Crippen LogP contribution >= 0.6 is 12.2 Å². The van der Waals surface area contributed by atoms with Crippen LogP contribution in [-0.4, -0.2) is 36.0 Å². The van der Waals surface area contributed by atoms with Crippen molar-refractivity contribution in [1.29, 1.82) is 0 Å². The molecule has 0 aliphatic carbocycles. The number of hydrazine groups is 1. The van der Waals surface area contributed by atoms with Crippen LogP contribution < -0.4 is 31.0 Å². The van der Waals surface area contributed by atoms with E-state index >= 15 is 0 Å². The Morgan fingerprint density at radius 3 is 2.11 bits per heavy atom. The van der Waals surface area contributed by atoms with Gasteiger partial charge in [0.1, 0.15) is 24.7 Å². The van der Waals surface area contributed by atoms with Crippen molar-refractivity contribution >= 4 is 40.7 Å². The Morgan fingerprint density at radius 2 is 1.42 bits per heavy atom. The van der Waals surface area contributed by atoms with Crippen molar-refractivity contribution in [3.05, 3.63) is 90.0 Å². The number of hydrogen-bond acceptors (Lipinski definition) is 6. The number of anilines is 1. The number of para-hydroxylation sites is 1. The predicted octanol–water partition coefficient (Wildman–Crippen LogP) is 4.08. The molecule has 0 saturated heterocycles. The number of nitrogens with one attached hydrogen (secondary N) is 4. The number of ether oxygens (including phenoxy) is 2. The smallest absolute Gasteiger partial charge is 0.269 e. The zero-order valence-electron chi connectivity index (χ0n) is 21.2. The van der Waals surface area contributed by atoms with Gasteiger partial charge in [-0.1, -0.05) is 38.1 Å². The first-order valence-electron chi connectivity index (χ1n) is 12.0.